The summed E-state index contributed by atoms with van der Waals surface area (Å²) in [6, 6.07) is 0.595. The van der Waals surface area contributed by atoms with E-state index in [4.69, 9.17) is 5.11 Å². The van der Waals surface area contributed by atoms with Crippen molar-refractivity contribution < 1.29 is 14.7 Å². The molecule has 0 aromatic rings. The maximum Gasteiger partial charge on any atom is 0.317 e. The number of fused-ring (bicyclic) bond motifs is 1. The minimum Gasteiger partial charge on any atom is -0.480 e. The van der Waals surface area contributed by atoms with Gasteiger partial charge in [0.2, 0.25) is 5.91 Å². The van der Waals surface area contributed by atoms with Crippen LogP contribution >= 0.6 is 0 Å². The average Bonchev–Trinajstić information content (AvgIpc) is 3.40. The lowest BCUT2D eigenvalue weighted by atomic mass is 9.65. The number of hydrogen-bond donors (Lipinski definition) is 2. The minimum absolute atomic E-state index is 0.147. The van der Waals surface area contributed by atoms with Crippen LogP contribution in [0.25, 0.3) is 0 Å². The fourth-order valence-corrected chi connectivity index (χ4v) is 5.72. The van der Waals surface area contributed by atoms with E-state index in [0.717, 1.165) is 31.7 Å². The molecule has 26 heavy (non-hydrogen) atoms. The molecule has 0 bridgehead atoms. The molecule has 1 amide bonds. The summed E-state index contributed by atoms with van der Waals surface area (Å²) in [7, 11) is 0. The summed E-state index contributed by atoms with van der Waals surface area (Å²) in [5, 5.41) is 12.5. The lowest BCUT2D eigenvalue weighted by Gasteiger charge is -2.45. The van der Waals surface area contributed by atoms with E-state index in [1.807, 2.05) is 0 Å². The van der Waals surface area contributed by atoms with Gasteiger partial charge in [0.15, 0.2) is 0 Å². The van der Waals surface area contributed by atoms with Crippen LogP contribution in [0.4, 0.5) is 0 Å². The Morgan fingerprint density at radius 3 is 2.42 bits per heavy atom. The van der Waals surface area contributed by atoms with Crippen LogP contribution in [0.15, 0.2) is 0 Å². The number of carbonyl (C=O) groups excluding carboxylic acids is 1. The molecule has 4 fully saturated rings. The molecule has 0 radical (unpaired) electrons. The van der Waals surface area contributed by atoms with Crippen molar-refractivity contribution in [3.63, 3.8) is 0 Å². The Balaban J connectivity index is 1.26. The van der Waals surface area contributed by atoms with Crippen molar-refractivity contribution >= 4 is 11.9 Å². The molecule has 4 aliphatic rings. The first kappa shape index (κ1) is 18.3. The van der Waals surface area contributed by atoms with Gasteiger partial charge in [0, 0.05) is 24.5 Å². The summed E-state index contributed by atoms with van der Waals surface area (Å²) < 4.78 is 0. The lowest BCUT2D eigenvalue weighted by Crippen LogP contribution is -2.56. The molecule has 0 spiro atoms. The van der Waals surface area contributed by atoms with Crippen molar-refractivity contribution in [1.82, 2.24) is 10.2 Å². The smallest absolute Gasteiger partial charge is 0.317 e. The second-order valence-electron chi connectivity index (χ2n) is 9.34. The highest BCUT2D eigenvalue weighted by molar-refractivity contribution is 5.79. The third-order valence-corrected chi connectivity index (χ3v) is 7.42. The number of rotatable bonds is 7. The summed E-state index contributed by atoms with van der Waals surface area (Å²) in [6.45, 7) is 1.07. The third kappa shape index (κ3) is 4.24. The Kier molecular flexibility index (Phi) is 5.53. The molecule has 5 nitrogen and oxygen atoms in total. The van der Waals surface area contributed by atoms with Gasteiger partial charge >= 0.3 is 5.97 Å². The minimum atomic E-state index is -0.733. The van der Waals surface area contributed by atoms with Gasteiger partial charge in [-0.05, 0) is 56.3 Å². The molecule has 3 atom stereocenters. The normalized spacial score (nSPS) is 36.9. The number of aliphatic carboxylic acids is 1. The summed E-state index contributed by atoms with van der Waals surface area (Å²) in [5.74, 6) is 1.89. The van der Waals surface area contributed by atoms with Gasteiger partial charge < -0.3 is 10.4 Å². The van der Waals surface area contributed by atoms with Gasteiger partial charge in [-0.3, -0.25) is 14.5 Å². The average molecular weight is 363 g/mol. The van der Waals surface area contributed by atoms with Crippen LogP contribution in [-0.2, 0) is 9.59 Å². The Labute approximate surface area is 156 Å². The van der Waals surface area contributed by atoms with E-state index in [9.17, 15) is 9.59 Å². The molecule has 5 heteroatoms. The van der Waals surface area contributed by atoms with Crippen molar-refractivity contribution in [3.05, 3.63) is 0 Å². The molecule has 0 heterocycles. The summed E-state index contributed by atoms with van der Waals surface area (Å²) >= 11 is 0. The van der Waals surface area contributed by atoms with Crippen molar-refractivity contribution in [2.24, 2.45) is 23.7 Å². The van der Waals surface area contributed by atoms with E-state index in [1.54, 1.807) is 0 Å². The van der Waals surface area contributed by atoms with E-state index < -0.39 is 5.97 Å². The maximum atomic E-state index is 12.9. The van der Waals surface area contributed by atoms with Crippen LogP contribution in [0.2, 0.25) is 0 Å². The van der Waals surface area contributed by atoms with E-state index in [2.05, 4.69) is 10.2 Å². The zero-order valence-corrected chi connectivity index (χ0v) is 15.9. The van der Waals surface area contributed by atoms with Crippen LogP contribution in [0.3, 0.4) is 0 Å². The largest absolute Gasteiger partial charge is 0.480 e. The standard InChI is InChI=1S/C21H34N2O3/c24-20(25)13-23(12-14-8-9-14)17-10-16(11-17)22-21(26)19-7-3-5-15-4-1-2-6-18(15)19/h14-19H,1-13H2,(H,22,26)(H,24,25). The highest BCUT2D eigenvalue weighted by Gasteiger charge is 2.42. The number of nitrogens with zero attached hydrogens (tertiary/aromatic N) is 1. The number of carbonyl (C=O) groups is 2. The molecular formula is C21H34N2O3. The maximum absolute atomic E-state index is 12.9. The molecule has 4 rings (SSSR count). The van der Waals surface area contributed by atoms with E-state index in [0.29, 0.717) is 17.9 Å². The predicted molar refractivity (Wildman–Crippen MR) is 99.7 cm³/mol. The molecule has 0 aromatic carbocycles. The predicted octanol–water partition coefficient (Wildman–Crippen LogP) is 3.04. The van der Waals surface area contributed by atoms with E-state index >= 15 is 0 Å². The zero-order chi connectivity index (χ0) is 18.1. The van der Waals surface area contributed by atoms with E-state index in [-0.39, 0.29) is 24.4 Å². The number of amides is 1. The molecule has 0 saturated heterocycles. The molecule has 4 aliphatic carbocycles. The van der Waals surface area contributed by atoms with Crippen LogP contribution < -0.4 is 5.32 Å². The van der Waals surface area contributed by atoms with Gasteiger partial charge in [-0.2, -0.15) is 0 Å². The van der Waals surface area contributed by atoms with Gasteiger partial charge in [0.05, 0.1) is 6.54 Å². The Hall–Kier alpha value is -1.10. The second-order valence-corrected chi connectivity index (χ2v) is 9.34. The Bertz CT molecular complexity index is 525. The number of carboxylic acids is 1. The molecule has 0 aromatic heterocycles. The molecule has 3 unspecified atom stereocenters. The summed E-state index contributed by atoms with van der Waals surface area (Å²) in [4.78, 5) is 26.2. The zero-order valence-electron chi connectivity index (χ0n) is 15.9. The van der Waals surface area contributed by atoms with Crippen LogP contribution in [0.1, 0.15) is 70.6 Å². The lowest BCUT2D eigenvalue weighted by molar-refractivity contribution is -0.140. The SMILES string of the molecule is O=C(O)CN(CC1CC1)C1CC(NC(=O)C2CCCC3CCCCC32)C1. The Morgan fingerprint density at radius 1 is 0.962 bits per heavy atom. The first-order valence-electron chi connectivity index (χ1n) is 10.9. The van der Waals surface area contributed by atoms with Crippen LogP contribution in [-0.4, -0.2) is 47.1 Å². The third-order valence-electron chi connectivity index (χ3n) is 7.42. The monoisotopic (exact) mass is 362 g/mol. The number of hydrogen-bond acceptors (Lipinski definition) is 3. The summed E-state index contributed by atoms with van der Waals surface area (Å²) in [5.41, 5.74) is 0. The van der Waals surface area contributed by atoms with Crippen molar-refractivity contribution in [2.45, 2.75) is 82.7 Å². The summed E-state index contributed by atoms with van der Waals surface area (Å²) in [6.07, 6.45) is 13.1. The fourth-order valence-electron chi connectivity index (χ4n) is 5.72. The van der Waals surface area contributed by atoms with Gasteiger partial charge in [0.25, 0.3) is 0 Å². The highest BCUT2D eigenvalue weighted by Crippen LogP contribution is 2.44. The number of carboxylic acid groups (broad SMARTS) is 1. The highest BCUT2D eigenvalue weighted by atomic mass is 16.4. The fraction of sp³-hybridized carbons (Fsp3) is 0.905. The second kappa shape index (κ2) is 7.87. The van der Waals surface area contributed by atoms with Crippen molar-refractivity contribution in [3.8, 4) is 0 Å². The van der Waals surface area contributed by atoms with Gasteiger partial charge in [-0.1, -0.05) is 32.1 Å². The van der Waals surface area contributed by atoms with Gasteiger partial charge in [0.1, 0.15) is 0 Å². The molecule has 146 valence electrons. The molecule has 0 aliphatic heterocycles. The molecule has 4 saturated carbocycles. The van der Waals surface area contributed by atoms with Crippen molar-refractivity contribution in [1.29, 1.82) is 0 Å². The Morgan fingerprint density at radius 2 is 1.69 bits per heavy atom. The topological polar surface area (TPSA) is 69.6 Å². The molecule has 2 N–H and O–H groups in total. The number of nitrogens with one attached hydrogen (secondary N) is 1. The van der Waals surface area contributed by atoms with Gasteiger partial charge in [-0.25, -0.2) is 0 Å². The first-order chi connectivity index (χ1) is 12.6. The molecular weight excluding hydrogens is 328 g/mol. The van der Waals surface area contributed by atoms with E-state index in [1.165, 1.54) is 51.4 Å². The van der Waals surface area contributed by atoms with Crippen LogP contribution in [0.5, 0.6) is 0 Å². The van der Waals surface area contributed by atoms with Crippen molar-refractivity contribution in [2.75, 3.05) is 13.1 Å². The quantitative estimate of drug-likeness (QED) is 0.730. The van der Waals surface area contributed by atoms with Gasteiger partial charge in [-0.15, -0.1) is 0 Å². The first-order valence-corrected chi connectivity index (χ1v) is 10.9. The van der Waals surface area contributed by atoms with Crippen LogP contribution in [0, 0.1) is 23.7 Å².